The summed E-state index contributed by atoms with van der Waals surface area (Å²) < 4.78 is 0. The second-order valence-corrected chi connectivity index (χ2v) is 5.53. The highest BCUT2D eigenvalue weighted by atomic mass is 16.1. The Hall–Kier alpha value is -1.83. The Kier molecular flexibility index (Phi) is 4.20. The van der Waals surface area contributed by atoms with E-state index < -0.39 is 0 Å². The van der Waals surface area contributed by atoms with Crippen molar-refractivity contribution in [3.05, 3.63) is 48.0 Å². The third-order valence-electron chi connectivity index (χ3n) is 3.24. The van der Waals surface area contributed by atoms with Gasteiger partial charge in [0, 0.05) is 11.6 Å². The number of amides is 1. The summed E-state index contributed by atoms with van der Waals surface area (Å²) in [5.74, 6) is 0.604. The third-order valence-corrected chi connectivity index (χ3v) is 3.24. The van der Waals surface area contributed by atoms with Crippen molar-refractivity contribution in [2.75, 3.05) is 0 Å². The van der Waals surface area contributed by atoms with Crippen LogP contribution in [-0.2, 0) is 0 Å². The molecule has 0 saturated carbocycles. The average molecular weight is 255 g/mol. The lowest BCUT2D eigenvalue weighted by Crippen LogP contribution is -2.33. The summed E-state index contributed by atoms with van der Waals surface area (Å²) in [6.07, 6.45) is 0.997. The molecule has 19 heavy (non-hydrogen) atoms. The predicted octanol–water partition coefficient (Wildman–Crippen LogP) is 4.00. The minimum absolute atomic E-state index is 0.0185. The van der Waals surface area contributed by atoms with Gasteiger partial charge in [-0.25, -0.2) is 0 Å². The largest absolute Gasteiger partial charge is 0.350 e. The van der Waals surface area contributed by atoms with Crippen LogP contribution < -0.4 is 5.32 Å². The molecule has 0 bridgehead atoms. The van der Waals surface area contributed by atoms with Gasteiger partial charge in [-0.05, 0) is 36.1 Å². The minimum Gasteiger partial charge on any atom is -0.350 e. The number of benzene rings is 2. The SMILES string of the molecule is CC(C)C[C@H](C)NC(=O)c1cccc2ccccc12. The van der Waals surface area contributed by atoms with Crippen molar-refractivity contribution in [1.29, 1.82) is 0 Å². The number of nitrogens with one attached hydrogen (secondary N) is 1. The highest BCUT2D eigenvalue weighted by Crippen LogP contribution is 2.18. The summed E-state index contributed by atoms with van der Waals surface area (Å²) in [6.45, 7) is 6.39. The molecule has 0 aliphatic heterocycles. The highest BCUT2D eigenvalue weighted by Gasteiger charge is 2.13. The molecule has 0 unspecified atom stereocenters. The lowest BCUT2D eigenvalue weighted by atomic mass is 10.0. The molecule has 2 rings (SSSR count). The normalized spacial score (nSPS) is 12.6. The first-order chi connectivity index (χ1) is 9.08. The smallest absolute Gasteiger partial charge is 0.252 e. The summed E-state index contributed by atoms with van der Waals surface area (Å²) in [7, 11) is 0. The van der Waals surface area contributed by atoms with Gasteiger partial charge in [0.05, 0.1) is 0 Å². The topological polar surface area (TPSA) is 29.1 Å². The zero-order valence-corrected chi connectivity index (χ0v) is 11.8. The van der Waals surface area contributed by atoms with Gasteiger partial charge >= 0.3 is 0 Å². The van der Waals surface area contributed by atoms with Gasteiger partial charge in [-0.1, -0.05) is 50.2 Å². The molecule has 2 aromatic rings. The third kappa shape index (κ3) is 3.34. The molecular weight excluding hydrogens is 234 g/mol. The predicted molar refractivity (Wildman–Crippen MR) is 80.3 cm³/mol. The van der Waals surface area contributed by atoms with E-state index in [1.54, 1.807) is 0 Å². The van der Waals surface area contributed by atoms with Crippen LogP contribution in [0.2, 0.25) is 0 Å². The van der Waals surface area contributed by atoms with Crippen LogP contribution >= 0.6 is 0 Å². The van der Waals surface area contributed by atoms with Crippen LogP contribution in [-0.4, -0.2) is 11.9 Å². The fourth-order valence-electron chi connectivity index (χ4n) is 2.49. The van der Waals surface area contributed by atoms with E-state index in [0.717, 1.165) is 22.8 Å². The lowest BCUT2D eigenvalue weighted by Gasteiger charge is -2.16. The Morgan fingerprint density at radius 2 is 1.74 bits per heavy atom. The van der Waals surface area contributed by atoms with Crippen LogP contribution in [0.4, 0.5) is 0 Å². The zero-order chi connectivity index (χ0) is 13.8. The van der Waals surface area contributed by atoms with Crippen LogP contribution in [0.25, 0.3) is 10.8 Å². The molecule has 0 radical (unpaired) electrons. The van der Waals surface area contributed by atoms with Crippen LogP contribution in [0, 0.1) is 5.92 Å². The highest BCUT2D eigenvalue weighted by molar-refractivity contribution is 6.07. The van der Waals surface area contributed by atoms with E-state index in [2.05, 4.69) is 26.1 Å². The molecule has 2 heteroatoms. The van der Waals surface area contributed by atoms with E-state index in [4.69, 9.17) is 0 Å². The van der Waals surface area contributed by atoms with Crippen molar-refractivity contribution >= 4 is 16.7 Å². The Morgan fingerprint density at radius 1 is 1.05 bits per heavy atom. The Bertz CT molecular complexity index is 569. The van der Waals surface area contributed by atoms with Gasteiger partial charge in [0.1, 0.15) is 0 Å². The standard InChI is InChI=1S/C17H21NO/c1-12(2)11-13(3)18-17(19)16-10-6-8-14-7-4-5-9-15(14)16/h4-10,12-13H,11H2,1-3H3,(H,18,19)/t13-/m0/s1. The molecule has 1 N–H and O–H groups in total. The van der Waals surface area contributed by atoms with Gasteiger partial charge in [0.15, 0.2) is 0 Å². The monoisotopic (exact) mass is 255 g/mol. The van der Waals surface area contributed by atoms with Crippen molar-refractivity contribution < 1.29 is 4.79 Å². The zero-order valence-electron chi connectivity index (χ0n) is 11.8. The number of fused-ring (bicyclic) bond motifs is 1. The molecule has 1 atom stereocenters. The molecule has 0 saturated heterocycles. The molecule has 1 amide bonds. The van der Waals surface area contributed by atoms with Crippen molar-refractivity contribution in [2.24, 2.45) is 5.92 Å². The summed E-state index contributed by atoms with van der Waals surface area (Å²) in [4.78, 5) is 12.3. The average Bonchev–Trinajstić information content (AvgIpc) is 2.36. The van der Waals surface area contributed by atoms with Crippen LogP contribution in [0.15, 0.2) is 42.5 Å². The maximum Gasteiger partial charge on any atom is 0.252 e. The van der Waals surface area contributed by atoms with E-state index in [9.17, 15) is 4.79 Å². The maximum absolute atomic E-state index is 12.3. The Morgan fingerprint density at radius 3 is 2.47 bits per heavy atom. The second kappa shape index (κ2) is 5.87. The van der Waals surface area contributed by atoms with Gasteiger partial charge in [-0.2, -0.15) is 0 Å². The molecule has 0 aromatic heterocycles. The first kappa shape index (κ1) is 13.6. The van der Waals surface area contributed by atoms with Crippen molar-refractivity contribution in [1.82, 2.24) is 5.32 Å². The number of carbonyl (C=O) groups is 1. The Labute approximate surface area is 114 Å². The molecule has 0 spiro atoms. The summed E-state index contributed by atoms with van der Waals surface area (Å²) in [6, 6.07) is 14.0. The number of carbonyl (C=O) groups excluding carboxylic acids is 1. The van der Waals surface area contributed by atoms with Crippen LogP contribution in [0.3, 0.4) is 0 Å². The fourth-order valence-corrected chi connectivity index (χ4v) is 2.49. The van der Waals surface area contributed by atoms with Gasteiger partial charge in [0.2, 0.25) is 0 Å². The fraction of sp³-hybridized carbons (Fsp3) is 0.353. The van der Waals surface area contributed by atoms with Crippen molar-refractivity contribution in [3.63, 3.8) is 0 Å². The molecular formula is C17H21NO. The number of rotatable bonds is 4. The van der Waals surface area contributed by atoms with Crippen LogP contribution in [0.1, 0.15) is 37.6 Å². The molecule has 0 aliphatic rings. The van der Waals surface area contributed by atoms with Crippen molar-refractivity contribution in [3.8, 4) is 0 Å². The van der Waals surface area contributed by atoms with Gasteiger partial charge in [-0.15, -0.1) is 0 Å². The van der Waals surface area contributed by atoms with Crippen molar-refractivity contribution in [2.45, 2.75) is 33.2 Å². The van der Waals surface area contributed by atoms with E-state index >= 15 is 0 Å². The van der Waals surface area contributed by atoms with Gasteiger partial charge in [0.25, 0.3) is 5.91 Å². The number of hydrogen-bond donors (Lipinski definition) is 1. The minimum atomic E-state index is 0.0185. The molecule has 2 nitrogen and oxygen atoms in total. The summed E-state index contributed by atoms with van der Waals surface area (Å²) in [5, 5.41) is 5.20. The van der Waals surface area contributed by atoms with E-state index in [1.807, 2.05) is 42.5 Å². The summed E-state index contributed by atoms with van der Waals surface area (Å²) in [5.41, 5.74) is 0.758. The molecule has 0 aliphatic carbocycles. The lowest BCUT2D eigenvalue weighted by molar-refractivity contribution is 0.0938. The first-order valence-electron chi connectivity index (χ1n) is 6.86. The molecule has 100 valence electrons. The second-order valence-electron chi connectivity index (χ2n) is 5.53. The van der Waals surface area contributed by atoms with E-state index in [-0.39, 0.29) is 11.9 Å². The van der Waals surface area contributed by atoms with Crippen LogP contribution in [0.5, 0.6) is 0 Å². The van der Waals surface area contributed by atoms with E-state index in [0.29, 0.717) is 5.92 Å². The van der Waals surface area contributed by atoms with Gasteiger partial charge < -0.3 is 5.32 Å². The molecule has 0 heterocycles. The first-order valence-corrected chi connectivity index (χ1v) is 6.86. The van der Waals surface area contributed by atoms with E-state index in [1.165, 1.54) is 0 Å². The molecule has 2 aromatic carbocycles. The number of hydrogen-bond acceptors (Lipinski definition) is 1. The summed E-state index contributed by atoms with van der Waals surface area (Å²) >= 11 is 0. The quantitative estimate of drug-likeness (QED) is 0.879. The maximum atomic E-state index is 12.3. The molecule has 0 fully saturated rings. The Balaban J connectivity index is 2.22. The van der Waals surface area contributed by atoms with Gasteiger partial charge in [-0.3, -0.25) is 4.79 Å².